The van der Waals surface area contributed by atoms with Crippen molar-refractivity contribution in [2.24, 2.45) is 5.73 Å². The normalized spacial score (nSPS) is 10.8. The predicted molar refractivity (Wildman–Crippen MR) is 90.1 cm³/mol. The van der Waals surface area contributed by atoms with E-state index < -0.39 is 0 Å². The first kappa shape index (κ1) is 14.6. The van der Waals surface area contributed by atoms with Gasteiger partial charge in [0.2, 0.25) is 0 Å². The van der Waals surface area contributed by atoms with Crippen molar-refractivity contribution in [3.8, 4) is 11.1 Å². The molecule has 2 amide bonds. The van der Waals surface area contributed by atoms with Gasteiger partial charge in [0.1, 0.15) is 0 Å². The topological polar surface area (TPSA) is 95.8 Å². The highest BCUT2D eigenvalue weighted by Crippen LogP contribution is 2.28. The number of nitrogens with two attached hydrogens (primary N) is 1. The summed E-state index contributed by atoms with van der Waals surface area (Å²) in [7, 11) is 0. The highest BCUT2D eigenvalue weighted by molar-refractivity contribution is 7.08. The van der Waals surface area contributed by atoms with Crippen LogP contribution in [0.1, 0.15) is 6.42 Å². The summed E-state index contributed by atoms with van der Waals surface area (Å²) in [6.45, 7) is 1.10. The molecule has 0 bridgehead atoms. The van der Waals surface area contributed by atoms with Gasteiger partial charge in [0.15, 0.2) is 5.82 Å². The van der Waals surface area contributed by atoms with Gasteiger partial charge in [-0.05, 0) is 53.1 Å². The van der Waals surface area contributed by atoms with E-state index in [9.17, 15) is 4.79 Å². The molecule has 0 unspecified atom stereocenters. The van der Waals surface area contributed by atoms with Crippen molar-refractivity contribution in [3.63, 3.8) is 0 Å². The van der Waals surface area contributed by atoms with E-state index in [0.29, 0.717) is 18.9 Å². The summed E-state index contributed by atoms with van der Waals surface area (Å²) in [6, 6.07) is 7.82. The van der Waals surface area contributed by atoms with E-state index >= 15 is 0 Å². The number of amides is 2. The van der Waals surface area contributed by atoms with Crippen LogP contribution < -0.4 is 16.4 Å². The molecule has 0 fully saturated rings. The Kier molecular flexibility index (Phi) is 4.36. The number of rotatable bonds is 5. The monoisotopic (exact) mass is 315 g/mol. The van der Waals surface area contributed by atoms with Crippen LogP contribution in [-0.2, 0) is 0 Å². The fraction of sp³-hybridized carbons (Fsp3) is 0.200. The lowest BCUT2D eigenvalue weighted by molar-refractivity contribution is 0.252. The van der Waals surface area contributed by atoms with Gasteiger partial charge in [-0.25, -0.2) is 4.79 Å². The highest BCUT2D eigenvalue weighted by Gasteiger charge is 2.10. The number of nitrogens with one attached hydrogen (secondary N) is 3. The van der Waals surface area contributed by atoms with E-state index in [0.717, 1.165) is 22.9 Å². The number of anilines is 1. The molecule has 2 aromatic heterocycles. The van der Waals surface area contributed by atoms with Crippen molar-refractivity contribution in [1.29, 1.82) is 0 Å². The van der Waals surface area contributed by atoms with Gasteiger partial charge >= 0.3 is 6.03 Å². The third kappa shape index (κ3) is 3.10. The number of fused-ring (bicyclic) bond motifs is 1. The Morgan fingerprint density at radius 1 is 1.32 bits per heavy atom. The van der Waals surface area contributed by atoms with Crippen LogP contribution in [0.15, 0.2) is 35.0 Å². The number of H-pyrrole nitrogens is 1. The molecule has 5 N–H and O–H groups in total. The van der Waals surface area contributed by atoms with Crippen molar-refractivity contribution in [3.05, 3.63) is 35.0 Å². The second-order valence-electron chi connectivity index (χ2n) is 4.87. The number of carbonyl (C=O) groups is 1. The molecule has 1 aromatic carbocycles. The van der Waals surface area contributed by atoms with Crippen LogP contribution in [-0.4, -0.2) is 29.3 Å². The maximum absolute atomic E-state index is 11.8. The average Bonchev–Trinajstić information content (AvgIpc) is 3.17. The molecule has 3 aromatic rings. The number of benzene rings is 1. The lowest BCUT2D eigenvalue weighted by Gasteiger charge is -2.05. The molecule has 0 radical (unpaired) electrons. The van der Waals surface area contributed by atoms with Gasteiger partial charge in [0, 0.05) is 11.9 Å². The molecular weight excluding hydrogens is 298 g/mol. The number of aromatic amines is 1. The molecular formula is C15H17N5OS. The molecule has 3 rings (SSSR count). The van der Waals surface area contributed by atoms with Crippen LogP contribution in [0.3, 0.4) is 0 Å². The number of aromatic nitrogens is 2. The summed E-state index contributed by atoms with van der Waals surface area (Å²) in [5.74, 6) is 0.525. The van der Waals surface area contributed by atoms with Crippen LogP contribution in [0.5, 0.6) is 0 Å². The number of carbonyl (C=O) groups excluding carboxylic acids is 1. The molecule has 0 saturated heterocycles. The van der Waals surface area contributed by atoms with Crippen LogP contribution in [0, 0.1) is 0 Å². The van der Waals surface area contributed by atoms with Gasteiger partial charge in [-0.1, -0.05) is 6.07 Å². The van der Waals surface area contributed by atoms with Gasteiger partial charge < -0.3 is 11.1 Å². The summed E-state index contributed by atoms with van der Waals surface area (Å²) < 4.78 is 0. The SMILES string of the molecule is NCCCNC(=O)Nc1n[nH]c2cc(-c3ccsc3)ccc12. The molecule has 2 heterocycles. The van der Waals surface area contributed by atoms with Crippen LogP contribution in [0.25, 0.3) is 22.0 Å². The third-order valence-corrected chi connectivity index (χ3v) is 4.00. The van der Waals surface area contributed by atoms with Crippen LogP contribution in [0.4, 0.5) is 10.6 Å². The van der Waals surface area contributed by atoms with Crippen molar-refractivity contribution in [2.75, 3.05) is 18.4 Å². The Labute approximate surface area is 131 Å². The molecule has 0 saturated carbocycles. The van der Waals surface area contributed by atoms with Gasteiger partial charge in [0.05, 0.1) is 5.52 Å². The number of hydrogen-bond acceptors (Lipinski definition) is 4. The summed E-state index contributed by atoms with van der Waals surface area (Å²) in [5.41, 5.74) is 8.58. The Morgan fingerprint density at radius 3 is 3.00 bits per heavy atom. The second-order valence-corrected chi connectivity index (χ2v) is 5.65. The predicted octanol–water partition coefficient (Wildman–Crippen LogP) is 2.76. The number of urea groups is 1. The first-order valence-electron chi connectivity index (χ1n) is 7.03. The first-order valence-corrected chi connectivity index (χ1v) is 7.98. The zero-order valence-corrected chi connectivity index (χ0v) is 12.7. The lowest BCUT2D eigenvalue weighted by atomic mass is 10.1. The zero-order chi connectivity index (χ0) is 15.4. The van der Waals surface area contributed by atoms with E-state index in [1.54, 1.807) is 11.3 Å². The van der Waals surface area contributed by atoms with Crippen molar-refractivity contribution >= 4 is 34.1 Å². The smallest absolute Gasteiger partial charge is 0.320 e. The largest absolute Gasteiger partial charge is 0.338 e. The molecule has 0 atom stereocenters. The molecule has 0 aliphatic rings. The van der Waals surface area contributed by atoms with Gasteiger partial charge in [-0.2, -0.15) is 16.4 Å². The Hall–Kier alpha value is -2.38. The summed E-state index contributed by atoms with van der Waals surface area (Å²) >= 11 is 1.66. The quantitative estimate of drug-likeness (QED) is 0.545. The molecule has 0 spiro atoms. The summed E-state index contributed by atoms with van der Waals surface area (Å²) in [5, 5.41) is 17.6. The minimum Gasteiger partial charge on any atom is -0.338 e. The number of thiophene rings is 1. The molecule has 6 nitrogen and oxygen atoms in total. The standard InChI is InChI=1S/C15H17N5OS/c16-5-1-6-17-15(21)18-14-12-3-2-10(8-13(12)19-20-14)11-4-7-22-9-11/h2-4,7-9H,1,5-6,16H2,(H3,17,18,19,20,21). The van der Waals surface area contributed by atoms with Crippen LogP contribution in [0.2, 0.25) is 0 Å². The fourth-order valence-corrected chi connectivity index (χ4v) is 2.84. The maximum Gasteiger partial charge on any atom is 0.320 e. The molecule has 0 aliphatic heterocycles. The Morgan fingerprint density at radius 2 is 2.23 bits per heavy atom. The zero-order valence-electron chi connectivity index (χ0n) is 11.9. The van der Waals surface area contributed by atoms with Crippen LogP contribution >= 0.6 is 11.3 Å². The minimum absolute atomic E-state index is 0.274. The van der Waals surface area contributed by atoms with Crippen molar-refractivity contribution < 1.29 is 4.79 Å². The highest BCUT2D eigenvalue weighted by atomic mass is 32.1. The second kappa shape index (κ2) is 6.59. The first-order chi connectivity index (χ1) is 10.8. The van der Waals surface area contributed by atoms with E-state index in [-0.39, 0.29) is 6.03 Å². The average molecular weight is 315 g/mol. The van der Waals surface area contributed by atoms with E-state index in [4.69, 9.17) is 5.73 Å². The molecule has 22 heavy (non-hydrogen) atoms. The number of nitrogens with zero attached hydrogens (tertiary/aromatic N) is 1. The van der Waals surface area contributed by atoms with E-state index in [2.05, 4.69) is 32.3 Å². The molecule has 7 heteroatoms. The van der Waals surface area contributed by atoms with E-state index in [1.807, 2.05) is 23.6 Å². The van der Waals surface area contributed by atoms with Gasteiger partial charge in [-0.15, -0.1) is 0 Å². The van der Waals surface area contributed by atoms with Crippen molar-refractivity contribution in [2.45, 2.75) is 6.42 Å². The summed E-state index contributed by atoms with van der Waals surface area (Å²) in [6.07, 6.45) is 0.749. The molecule has 0 aliphatic carbocycles. The van der Waals surface area contributed by atoms with Gasteiger partial charge in [0.25, 0.3) is 0 Å². The minimum atomic E-state index is -0.274. The third-order valence-electron chi connectivity index (χ3n) is 3.32. The fourth-order valence-electron chi connectivity index (χ4n) is 2.18. The van der Waals surface area contributed by atoms with E-state index in [1.165, 1.54) is 5.56 Å². The Bertz CT molecular complexity index is 765. The maximum atomic E-state index is 11.8. The molecule has 114 valence electrons. The van der Waals surface area contributed by atoms with Crippen molar-refractivity contribution in [1.82, 2.24) is 15.5 Å². The number of hydrogen-bond donors (Lipinski definition) is 4. The Balaban J connectivity index is 1.76. The summed E-state index contributed by atoms with van der Waals surface area (Å²) in [4.78, 5) is 11.8. The lowest BCUT2D eigenvalue weighted by Crippen LogP contribution is -2.30. The van der Waals surface area contributed by atoms with Gasteiger partial charge in [-0.3, -0.25) is 10.4 Å².